The van der Waals surface area contributed by atoms with Gasteiger partial charge in [0.25, 0.3) is 0 Å². The number of halogens is 3. The summed E-state index contributed by atoms with van der Waals surface area (Å²) in [5.41, 5.74) is -0.0561. The lowest BCUT2D eigenvalue weighted by molar-refractivity contribution is -0.137. The zero-order valence-electron chi connectivity index (χ0n) is 14.8. The quantitative estimate of drug-likeness (QED) is 0.540. The minimum atomic E-state index is -4.39. The van der Waals surface area contributed by atoms with E-state index in [1.165, 1.54) is 29.2 Å². The molecule has 4 nitrogen and oxygen atoms in total. The van der Waals surface area contributed by atoms with E-state index in [1.54, 1.807) is 31.3 Å². The Kier molecular flexibility index (Phi) is 5.54. The summed E-state index contributed by atoms with van der Waals surface area (Å²) in [5, 5.41) is 0. The lowest BCUT2D eigenvalue weighted by Gasteiger charge is -2.16. The number of anilines is 1. The van der Waals surface area contributed by atoms with Gasteiger partial charge in [-0.15, -0.1) is 0 Å². The molecule has 1 amide bonds. The number of benzene rings is 3. The van der Waals surface area contributed by atoms with Gasteiger partial charge in [-0.2, -0.15) is 13.2 Å². The molecule has 0 heterocycles. The highest BCUT2D eigenvalue weighted by molar-refractivity contribution is 5.88. The van der Waals surface area contributed by atoms with E-state index in [1.807, 2.05) is 18.2 Å². The number of ether oxygens (including phenoxy) is 2. The van der Waals surface area contributed by atoms with Gasteiger partial charge >= 0.3 is 12.3 Å². The van der Waals surface area contributed by atoms with Crippen LogP contribution < -0.4 is 14.4 Å². The zero-order chi connectivity index (χ0) is 20.1. The number of para-hydroxylation sites is 1. The fraction of sp³-hybridized carbons (Fsp3) is 0.0952. The van der Waals surface area contributed by atoms with Crippen molar-refractivity contribution in [3.05, 3.63) is 84.4 Å². The van der Waals surface area contributed by atoms with Crippen molar-refractivity contribution in [1.29, 1.82) is 0 Å². The van der Waals surface area contributed by atoms with Gasteiger partial charge < -0.3 is 9.47 Å². The maximum atomic E-state index is 12.6. The highest BCUT2D eigenvalue weighted by atomic mass is 19.4. The van der Waals surface area contributed by atoms with Gasteiger partial charge in [0, 0.05) is 12.7 Å². The molecule has 3 aromatic carbocycles. The van der Waals surface area contributed by atoms with Crippen molar-refractivity contribution >= 4 is 11.8 Å². The molecule has 0 atom stereocenters. The van der Waals surface area contributed by atoms with Gasteiger partial charge in [0.15, 0.2) is 0 Å². The second kappa shape index (κ2) is 8.04. The number of hydrogen-bond acceptors (Lipinski definition) is 3. The number of hydrogen-bond donors (Lipinski definition) is 0. The summed E-state index contributed by atoms with van der Waals surface area (Å²) in [4.78, 5) is 13.5. The molecule has 0 aliphatic heterocycles. The monoisotopic (exact) mass is 387 g/mol. The number of rotatable bonds is 4. The van der Waals surface area contributed by atoms with Gasteiger partial charge in [0.2, 0.25) is 0 Å². The second-order valence-corrected chi connectivity index (χ2v) is 5.86. The predicted molar refractivity (Wildman–Crippen MR) is 98.8 cm³/mol. The first kappa shape index (κ1) is 19.3. The molecule has 7 heteroatoms. The van der Waals surface area contributed by atoms with E-state index in [-0.39, 0.29) is 5.75 Å². The molecule has 3 rings (SSSR count). The van der Waals surface area contributed by atoms with E-state index in [4.69, 9.17) is 9.47 Å². The van der Waals surface area contributed by atoms with Gasteiger partial charge in [0.05, 0.1) is 5.56 Å². The summed E-state index contributed by atoms with van der Waals surface area (Å²) in [6.45, 7) is 0. The summed E-state index contributed by atoms with van der Waals surface area (Å²) in [6, 6.07) is 19.6. The highest BCUT2D eigenvalue weighted by Crippen LogP contribution is 2.31. The number of carbonyl (C=O) groups is 1. The Morgan fingerprint density at radius 3 is 1.82 bits per heavy atom. The van der Waals surface area contributed by atoms with Gasteiger partial charge in [0.1, 0.15) is 17.2 Å². The van der Waals surface area contributed by atoms with Crippen LogP contribution in [0.15, 0.2) is 78.9 Å². The molecular weight excluding hydrogens is 371 g/mol. The largest absolute Gasteiger partial charge is 0.457 e. The van der Waals surface area contributed by atoms with Crippen LogP contribution in [0.2, 0.25) is 0 Å². The molecule has 144 valence electrons. The predicted octanol–water partition coefficient (Wildman–Crippen LogP) is 6.13. The normalized spacial score (nSPS) is 11.0. The third-order valence-corrected chi connectivity index (χ3v) is 3.86. The zero-order valence-corrected chi connectivity index (χ0v) is 14.8. The standard InChI is InChI=1S/C21H16F3NO3/c1-25(16-5-3-2-4-6-16)20(26)28-19-13-11-18(12-14-19)27-17-9-7-15(8-10-17)21(22,23)24/h2-14H,1H3. The van der Waals surface area contributed by atoms with Crippen LogP contribution in [-0.2, 0) is 6.18 Å². The average Bonchev–Trinajstić information content (AvgIpc) is 2.69. The van der Waals surface area contributed by atoms with Crippen LogP contribution in [0.25, 0.3) is 0 Å². The molecule has 0 fully saturated rings. The maximum Gasteiger partial charge on any atom is 0.419 e. The van der Waals surface area contributed by atoms with Crippen LogP contribution in [0.4, 0.5) is 23.7 Å². The molecule has 3 aromatic rings. The Morgan fingerprint density at radius 1 is 0.786 bits per heavy atom. The van der Waals surface area contributed by atoms with Crippen molar-refractivity contribution in [3.63, 3.8) is 0 Å². The minimum absolute atomic E-state index is 0.265. The Balaban J connectivity index is 1.61. The number of alkyl halides is 3. The lowest BCUT2D eigenvalue weighted by Crippen LogP contribution is -2.29. The van der Waals surface area contributed by atoms with Gasteiger partial charge in [-0.25, -0.2) is 4.79 Å². The molecule has 0 spiro atoms. The molecule has 28 heavy (non-hydrogen) atoms. The van der Waals surface area contributed by atoms with Crippen LogP contribution in [-0.4, -0.2) is 13.1 Å². The van der Waals surface area contributed by atoms with Crippen LogP contribution in [0.5, 0.6) is 17.2 Å². The summed E-state index contributed by atoms with van der Waals surface area (Å²) in [7, 11) is 1.60. The van der Waals surface area contributed by atoms with Crippen LogP contribution in [0.1, 0.15) is 5.56 Å². The van der Waals surface area contributed by atoms with Crippen LogP contribution >= 0.6 is 0 Å². The molecule has 0 N–H and O–H groups in total. The fourth-order valence-corrected chi connectivity index (χ4v) is 2.35. The van der Waals surface area contributed by atoms with E-state index in [2.05, 4.69) is 0 Å². The van der Waals surface area contributed by atoms with Crippen molar-refractivity contribution in [2.45, 2.75) is 6.18 Å². The molecule has 0 unspecified atom stereocenters. The lowest BCUT2D eigenvalue weighted by atomic mass is 10.2. The van der Waals surface area contributed by atoms with Crippen molar-refractivity contribution < 1.29 is 27.4 Å². The van der Waals surface area contributed by atoms with E-state index in [0.29, 0.717) is 17.2 Å². The molecule has 0 bridgehead atoms. The molecule has 0 aliphatic carbocycles. The first-order valence-electron chi connectivity index (χ1n) is 8.29. The summed E-state index contributed by atoms with van der Waals surface area (Å²) < 4.78 is 48.5. The Labute approximate surface area is 159 Å². The fourth-order valence-electron chi connectivity index (χ4n) is 2.35. The van der Waals surface area contributed by atoms with Gasteiger partial charge in [-0.1, -0.05) is 18.2 Å². The van der Waals surface area contributed by atoms with Crippen LogP contribution in [0, 0.1) is 0 Å². The van der Waals surface area contributed by atoms with Gasteiger partial charge in [-0.3, -0.25) is 4.90 Å². The number of nitrogens with zero attached hydrogens (tertiary/aromatic N) is 1. The van der Waals surface area contributed by atoms with E-state index in [0.717, 1.165) is 12.1 Å². The second-order valence-electron chi connectivity index (χ2n) is 5.86. The van der Waals surface area contributed by atoms with Crippen molar-refractivity contribution in [3.8, 4) is 17.2 Å². The van der Waals surface area contributed by atoms with Crippen LogP contribution in [0.3, 0.4) is 0 Å². The van der Waals surface area contributed by atoms with Gasteiger partial charge in [-0.05, 0) is 60.7 Å². The third-order valence-electron chi connectivity index (χ3n) is 3.86. The highest BCUT2D eigenvalue weighted by Gasteiger charge is 2.30. The smallest absolute Gasteiger partial charge is 0.419 e. The molecule has 0 aliphatic rings. The molecule has 0 saturated carbocycles. The molecule has 0 aromatic heterocycles. The van der Waals surface area contributed by atoms with Crippen molar-refractivity contribution in [1.82, 2.24) is 0 Å². The number of amides is 1. The topological polar surface area (TPSA) is 38.8 Å². The number of carbonyl (C=O) groups excluding carboxylic acids is 1. The minimum Gasteiger partial charge on any atom is -0.457 e. The molecule has 0 saturated heterocycles. The summed E-state index contributed by atoms with van der Waals surface area (Å²) in [5.74, 6) is 0.977. The average molecular weight is 387 g/mol. The Hall–Kier alpha value is -3.48. The SMILES string of the molecule is CN(C(=O)Oc1ccc(Oc2ccc(C(F)(F)F)cc2)cc1)c1ccccc1. The first-order chi connectivity index (χ1) is 13.3. The third kappa shape index (κ3) is 4.82. The maximum absolute atomic E-state index is 12.6. The molecule has 0 radical (unpaired) electrons. The molecular formula is C21H16F3NO3. The first-order valence-corrected chi connectivity index (χ1v) is 8.29. The van der Waals surface area contributed by atoms with E-state index < -0.39 is 17.8 Å². The summed E-state index contributed by atoms with van der Waals surface area (Å²) >= 11 is 0. The van der Waals surface area contributed by atoms with Crippen molar-refractivity contribution in [2.75, 3.05) is 11.9 Å². The van der Waals surface area contributed by atoms with E-state index >= 15 is 0 Å². The Morgan fingerprint density at radius 2 is 1.29 bits per heavy atom. The van der Waals surface area contributed by atoms with E-state index in [9.17, 15) is 18.0 Å². The summed E-state index contributed by atoms with van der Waals surface area (Å²) in [6.07, 6.45) is -4.95. The Bertz CT molecular complexity index is 924. The van der Waals surface area contributed by atoms with Crippen molar-refractivity contribution in [2.24, 2.45) is 0 Å².